The molecule has 22 heavy (non-hydrogen) atoms. The fourth-order valence-electron chi connectivity index (χ4n) is 2.66. The van der Waals surface area contributed by atoms with Crippen LogP contribution in [0.4, 0.5) is 15.8 Å². The number of carbonyl (C=O) groups excluding carboxylic acids is 2. The fourth-order valence-corrected chi connectivity index (χ4v) is 2.66. The minimum absolute atomic E-state index is 0. The molecule has 0 saturated heterocycles. The lowest BCUT2D eigenvalue weighted by Crippen LogP contribution is -2.28. The number of carbonyl (C=O) groups is 2. The van der Waals surface area contributed by atoms with Gasteiger partial charge in [0.25, 0.3) is 0 Å². The SMILES string of the molecule is CC(=O)Nc1cc(NC(=O)C[C@@H]2CCC[C@H]2N)ccc1F.Cl. The molecule has 5 nitrogen and oxygen atoms in total. The smallest absolute Gasteiger partial charge is 0.224 e. The van der Waals surface area contributed by atoms with Crippen molar-refractivity contribution in [2.45, 2.75) is 38.6 Å². The van der Waals surface area contributed by atoms with Gasteiger partial charge in [-0.2, -0.15) is 0 Å². The Hall–Kier alpha value is -1.66. The van der Waals surface area contributed by atoms with Gasteiger partial charge in [-0.1, -0.05) is 6.42 Å². The van der Waals surface area contributed by atoms with Crippen molar-refractivity contribution in [3.63, 3.8) is 0 Å². The van der Waals surface area contributed by atoms with E-state index in [0.717, 1.165) is 19.3 Å². The molecule has 7 heteroatoms. The fraction of sp³-hybridized carbons (Fsp3) is 0.467. The van der Waals surface area contributed by atoms with Gasteiger partial charge in [0.2, 0.25) is 11.8 Å². The van der Waals surface area contributed by atoms with Crippen LogP contribution in [0.15, 0.2) is 18.2 Å². The van der Waals surface area contributed by atoms with Gasteiger partial charge in [0.1, 0.15) is 5.82 Å². The van der Waals surface area contributed by atoms with E-state index in [1.807, 2.05) is 0 Å². The molecule has 0 radical (unpaired) electrons. The Balaban J connectivity index is 0.00000242. The van der Waals surface area contributed by atoms with Gasteiger partial charge in [-0.15, -0.1) is 12.4 Å². The Labute approximate surface area is 135 Å². The highest BCUT2D eigenvalue weighted by Crippen LogP contribution is 2.27. The monoisotopic (exact) mass is 329 g/mol. The van der Waals surface area contributed by atoms with Crippen LogP contribution in [-0.2, 0) is 9.59 Å². The second kappa shape index (κ2) is 8.10. The minimum atomic E-state index is -0.541. The number of hydrogen-bond acceptors (Lipinski definition) is 3. The number of rotatable bonds is 4. The Bertz CT molecular complexity index is 554. The molecule has 2 atom stereocenters. The Morgan fingerprint density at radius 1 is 1.32 bits per heavy atom. The first-order chi connectivity index (χ1) is 9.95. The molecule has 122 valence electrons. The van der Waals surface area contributed by atoms with Crippen molar-refractivity contribution >= 4 is 35.6 Å². The Kier molecular flexibility index (Phi) is 6.77. The molecule has 0 heterocycles. The number of benzene rings is 1. The van der Waals surface area contributed by atoms with Crippen molar-refractivity contribution in [3.05, 3.63) is 24.0 Å². The second-order valence-electron chi connectivity index (χ2n) is 5.48. The van der Waals surface area contributed by atoms with Crippen LogP contribution in [0, 0.1) is 11.7 Å². The van der Waals surface area contributed by atoms with Crippen molar-refractivity contribution in [3.8, 4) is 0 Å². The Morgan fingerprint density at radius 3 is 2.64 bits per heavy atom. The molecule has 1 saturated carbocycles. The summed E-state index contributed by atoms with van der Waals surface area (Å²) in [5.41, 5.74) is 6.45. The van der Waals surface area contributed by atoms with Crippen molar-refractivity contribution < 1.29 is 14.0 Å². The van der Waals surface area contributed by atoms with E-state index in [-0.39, 0.29) is 41.9 Å². The average molecular weight is 330 g/mol. The molecule has 0 aromatic heterocycles. The summed E-state index contributed by atoms with van der Waals surface area (Å²) >= 11 is 0. The molecule has 2 rings (SSSR count). The normalized spacial score (nSPS) is 20.1. The van der Waals surface area contributed by atoms with Gasteiger partial charge < -0.3 is 16.4 Å². The zero-order valence-electron chi connectivity index (χ0n) is 12.4. The van der Waals surface area contributed by atoms with Crippen LogP contribution < -0.4 is 16.4 Å². The molecule has 0 unspecified atom stereocenters. The average Bonchev–Trinajstić information content (AvgIpc) is 2.78. The summed E-state index contributed by atoms with van der Waals surface area (Å²) in [4.78, 5) is 23.0. The van der Waals surface area contributed by atoms with Gasteiger partial charge in [0.15, 0.2) is 0 Å². The summed E-state index contributed by atoms with van der Waals surface area (Å²) in [6.07, 6.45) is 3.35. The van der Waals surface area contributed by atoms with E-state index < -0.39 is 5.82 Å². The molecular weight excluding hydrogens is 309 g/mol. The van der Waals surface area contributed by atoms with Gasteiger partial charge >= 0.3 is 0 Å². The molecule has 0 bridgehead atoms. The van der Waals surface area contributed by atoms with Crippen LogP contribution in [0.2, 0.25) is 0 Å². The third-order valence-corrected chi connectivity index (χ3v) is 3.73. The highest BCUT2D eigenvalue weighted by Gasteiger charge is 2.26. The van der Waals surface area contributed by atoms with Gasteiger partial charge in [0.05, 0.1) is 5.69 Å². The van der Waals surface area contributed by atoms with E-state index in [2.05, 4.69) is 10.6 Å². The summed E-state index contributed by atoms with van der Waals surface area (Å²) in [5.74, 6) is -0.840. The predicted octanol–water partition coefficient (Wildman–Crippen LogP) is 2.66. The second-order valence-corrected chi connectivity index (χ2v) is 5.48. The van der Waals surface area contributed by atoms with E-state index >= 15 is 0 Å². The van der Waals surface area contributed by atoms with Crippen LogP contribution >= 0.6 is 12.4 Å². The highest BCUT2D eigenvalue weighted by atomic mass is 35.5. The number of anilines is 2. The number of amides is 2. The molecule has 1 aromatic rings. The van der Waals surface area contributed by atoms with Gasteiger partial charge in [0, 0.05) is 25.1 Å². The van der Waals surface area contributed by atoms with E-state index in [4.69, 9.17) is 5.73 Å². The summed E-state index contributed by atoms with van der Waals surface area (Å²) in [6.45, 7) is 1.30. The molecule has 0 spiro atoms. The summed E-state index contributed by atoms with van der Waals surface area (Å²) in [5, 5.41) is 5.10. The van der Waals surface area contributed by atoms with Crippen LogP contribution in [0.1, 0.15) is 32.6 Å². The molecule has 2 amide bonds. The molecular formula is C15H21ClFN3O2. The summed E-state index contributed by atoms with van der Waals surface area (Å²) in [7, 11) is 0. The van der Waals surface area contributed by atoms with Crippen molar-refractivity contribution in [2.75, 3.05) is 10.6 Å². The third kappa shape index (κ3) is 4.96. The van der Waals surface area contributed by atoms with Crippen LogP contribution in [0.3, 0.4) is 0 Å². The third-order valence-electron chi connectivity index (χ3n) is 3.73. The standard InChI is InChI=1S/C15H20FN3O2.ClH/c1-9(20)18-14-8-11(5-6-12(14)16)19-15(21)7-10-3-2-4-13(10)17;/h5-6,8,10,13H,2-4,7,17H2,1H3,(H,18,20)(H,19,21);1H/t10-,13+;/m0./s1. The number of nitrogens with two attached hydrogens (primary N) is 1. The first kappa shape index (κ1) is 18.4. The maximum Gasteiger partial charge on any atom is 0.224 e. The predicted molar refractivity (Wildman–Crippen MR) is 86.5 cm³/mol. The maximum atomic E-state index is 13.5. The summed E-state index contributed by atoms with van der Waals surface area (Å²) in [6, 6.07) is 4.16. The number of hydrogen-bond donors (Lipinski definition) is 3. The largest absolute Gasteiger partial charge is 0.327 e. The van der Waals surface area contributed by atoms with E-state index in [0.29, 0.717) is 12.1 Å². The lowest BCUT2D eigenvalue weighted by atomic mass is 10.00. The van der Waals surface area contributed by atoms with E-state index in [1.54, 1.807) is 0 Å². The quantitative estimate of drug-likeness (QED) is 0.794. The topological polar surface area (TPSA) is 84.2 Å². The van der Waals surface area contributed by atoms with Gasteiger partial charge in [-0.25, -0.2) is 4.39 Å². The van der Waals surface area contributed by atoms with Crippen LogP contribution in [-0.4, -0.2) is 17.9 Å². The van der Waals surface area contributed by atoms with Crippen LogP contribution in [0.5, 0.6) is 0 Å². The highest BCUT2D eigenvalue weighted by molar-refractivity contribution is 5.93. The van der Waals surface area contributed by atoms with Gasteiger partial charge in [-0.3, -0.25) is 9.59 Å². The molecule has 1 aliphatic rings. The lowest BCUT2D eigenvalue weighted by Gasteiger charge is -2.15. The Morgan fingerprint density at radius 2 is 2.05 bits per heavy atom. The van der Waals surface area contributed by atoms with Crippen LogP contribution in [0.25, 0.3) is 0 Å². The van der Waals surface area contributed by atoms with Crippen molar-refractivity contribution in [1.82, 2.24) is 0 Å². The number of nitrogens with one attached hydrogen (secondary N) is 2. The molecule has 0 aliphatic heterocycles. The maximum absolute atomic E-state index is 13.5. The number of halogens is 2. The molecule has 1 aliphatic carbocycles. The van der Waals surface area contributed by atoms with Crippen molar-refractivity contribution in [2.24, 2.45) is 11.7 Å². The van der Waals surface area contributed by atoms with Gasteiger partial charge in [-0.05, 0) is 37.0 Å². The molecule has 4 N–H and O–H groups in total. The molecule has 1 fully saturated rings. The lowest BCUT2D eigenvalue weighted by molar-refractivity contribution is -0.117. The minimum Gasteiger partial charge on any atom is -0.327 e. The molecule has 1 aromatic carbocycles. The zero-order chi connectivity index (χ0) is 15.4. The van der Waals surface area contributed by atoms with E-state index in [1.165, 1.54) is 25.1 Å². The van der Waals surface area contributed by atoms with E-state index in [9.17, 15) is 14.0 Å². The zero-order valence-corrected chi connectivity index (χ0v) is 13.2. The summed E-state index contributed by atoms with van der Waals surface area (Å²) < 4.78 is 13.5. The first-order valence-corrected chi connectivity index (χ1v) is 7.08. The first-order valence-electron chi connectivity index (χ1n) is 7.08. The van der Waals surface area contributed by atoms with Crippen molar-refractivity contribution in [1.29, 1.82) is 0 Å².